The summed E-state index contributed by atoms with van der Waals surface area (Å²) in [7, 11) is 0. The standard InChI is InChI=1S/C12H19N3O2/c1-9-5-7-13-11(10(9)15(16)17)14-8-6-12(2,3)4/h5,7H,6,8H2,1-4H3,(H,13,14). The molecule has 1 aromatic rings. The fraction of sp³-hybridized carbons (Fsp3) is 0.583. The van der Waals surface area contributed by atoms with E-state index in [0.717, 1.165) is 6.42 Å². The molecule has 1 rings (SSSR count). The highest BCUT2D eigenvalue weighted by molar-refractivity contribution is 5.59. The van der Waals surface area contributed by atoms with Crippen LogP contribution >= 0.6 is 0 Å². The molecule has 1 aromatic heterocycles. The lowest BCUT2D eigenvalue weighted by atomic mass is 9.92. The molecule has 94 valence electrons. The minimum absolute atomic E-state index is 0.0707. The fourth-order valence-corrected chi connectivity index (χ4v) is 1.47. The van der Waals surface area contributed by atoms with E-state index in [9.17, 15) is 10.1 Å². The summed E-state index contributed by atoms with van der Waals surface area (Å²) in [6.07, 6.45) is 2.52. The highest BCUT2D eigenvalue weighted by atomic mass is 16.6. The van der Waals surface area contributed by atoms with Gasteiger partial charge in [0.25, 0.3) is 0 Å². The minimum Gasteiger partial charge on any atom is -0.364 e. The summed E-state index contributed by atoms with van der Waals surface area (Å²) in [5, 5.41) is 14.0. The van der Waals surface area contributed by atoms with E-state index in [4.69, 9.17) is 0 Å². The molecule has 0 bridgehead atoms. The van der Waals surface area contributed by atoms with Crippen molar-refractivity contribution in [1.82, 2.24) is 4.98 Å². The SMILES string of the molecule is Cc1ccnc(NCCC(C)(C)C)c1[N+](=O)[O-]. The topological polar surface area (TPSA) is 68.1 Å². The lowest BCUT2D eigenvalue weighted by Gasteiger charge is -2.18. The number of pyridine rings is 1. The van der Waals surface area contributed by atoms with Gasteiger partial charge < -0.3 is 5.32 Å². The summed E-state index contributed by atoms with van der Waals surface area (Å²) in [5.74, 6) is 0.360. The molecule has 0 fully saturated rings. The summed E-state index contributed by atoms with van der Waals surface area (Å²) < 4.78 is 0. The Bertz CT molecular complexity index is 411. The van der Waals surface area contributed by atoms with Crippen LogP contribution in [0.3, 0.4) is 0 Å². The fourth-order valence-electron chi connectivity index (χ4n) is 1.47. The number of rotatable bonds is 4. The van der Waals surface area contributed by atoms with Gasteiger partial charge in [-0.25, -0.2) is 4.98 Å². The normalized spacial score (nSPS) is 11.3. The summed E-state index contributed by atoms with van der Waals surface area (Å²) >= 11 is 0. The van der Waals surface area contributed by atoms with Gasteiger partial charge >= 0.3 is 5.69 Å². The molecule has 1 N–H and O–H groups in total. The van der Waals surface area contributed by atoms with Crippen LogP contribution < -0.4 is 5.32 Å². The number of hydrogen-bond acceptors (Lipinski definition) is 4. The zero-order valence-electron chi connectivity index (χ0n) is 10.8. The Balaban J connectivity index is 2.78. The molecule has 0 aliphatic rings. The number of aromatic nitrogens is 1. The molecule has 0 aromatic carbocycles. The van der Waals surface area contributed by atoms with Crippen LogP contribution in [0, 0.1) is 22.5 Å². The Labute approximate surface area is 101 Å². The molecular formula is C12H19N3O2. The van der Waals surface area contributed by atoms with Crippen molar-refractivity contribution in [1.29, 1.82) is 0 Å². The molecule has 17 heavy (non-hydrogen) atoms. The Morgan fingerprint density at radius 2 is 2.12 bits per heavy atom. The average Bonchev–Trinajstić information content (AvgIpc) is 2.14. The van der Waals surface area contributed by atoms with Crippen LogP contribution in [0.5, 0.6) is 0 Å². The van der Waals surface area contributed by atoms with Crippen molar-refractivity contribution in [2.75, 3.05) is 11.9 Å². The molecule has 0 aliphatic heterocycles. The van der Waals surface area contributed by atoms with Gasteiger partial charge in [0.15, 0.2) is 0 Å². The van der Waals surface area contributed by atoms with Gasteiger partial charge in [0.05, 0.1) is 4.92 Å². The Morgan fingerprint density at radius 3 is 2.65 bits per heavy atom. The molecule has 0 amide bonds. The maximum absolute atomic E-state index is 10.9. The van der Waals surface area contributed by atoms with Gasteiger partial charge in [-0.2, -0.15) is 0 Å². The highest BCUT2D eigenvalue weighted by Gasteiger charge is 2.18. The quantitative estimate of drug-likeness (QED) is 0.645. The third kappa shape index (κ3) is 4.01. The predicted molar refractivity (Wildman–Crippen MR) is 68.2 cm³/mol. The maximum Gasteiger partial charge on any atom is 0.314 e. The van der Waals surface area contributed by atoms with Crippen LogP contribution in [-0.2, 0) is 0 Å². The molecule has 0 radical (unpaired) electrons. The highest BCUT2D eigenvalue weighted by Crippen LogP contribution is 2.26. The first-order valence-electron chi connectivity index (χ1n) is 5.65. The van der Waals surface area contributed by atoms with Crippen molar-refractivity contribution in [3.8, 4) is 0 Å². The number of nitrogens with zero attached hydrogens (tertiary/aromatic N) is 2. The van der Waals surface area contributed by atoms with Crippen molar-refractivity contribution in [3.63, 3.8) is 0 Å². The van der Waals surface area contributed by atoms with Gasteiger partial charge in [-0.3, -0.25) is 10.1 Å². The molecule has 0 saturated carbocycles. The molecule has 1 heterocycles. The van der Waals surface area contributed by atoms with E-state index in [-0.39, 0.29) is 16.0 Å². The van der Waals surface area contributed by atoms with Gasteiger partial charge in [0.2, 0.25) is 5.82 Å². The summed E-state index contributed by atoms with van der Waals surface area (Å²) in [4.78, 5) is 14.6. The third-order valence-corrected chi connectivity index (χ3v) is 2.48. The van der Waals surface area contributed by atoms with Crippen LogP contribution in [0.25, 0.3) is 0 Å². The maximum atomic E-state index is 10.9. The molecule has 5 nitrogen and oxygen atoms in total. The van der Waals surface area contributed by atoms with Crippen molar-refractivity contribution < 1.29 is 4.92 Å². The van der Waals surface area contributed by atoms with Crippen LogP contribution in [0.1, 0.15) is 32.8 Å². The van der Waals surface area contributed by atoms with Gasteiger partial charge in [-0.05, 0) is 24.8 Å². The number of nitrogens with one attached hydrogen (secondary N) is 1. The van der Waals surface area contributed by atoms with E-state index in [1.54, 1.807) is 19.2 Å². The van der Waals surface area contributed by atoms with Crippen LogP contribution in [0.2, 0.25) is 0 Å². The van der Waals surface area contributed by atoms with E-state index in [1.807, 2.05) is 0 Å². The van der Waals surface area contributed by atoms with Crippen LogP contribution in [0.4, 0.5) is 11.5 Å². The Hall–Kier alpha value is -1.65. The lowest BCUT2D eigenvalue weighted by Crippen LogP contribution is -2.14. The molecule has 0 unspecified atom stereocenters. The number of hydrogen-bond donors (Lipinski definition) is 1. The zero-order valence-corrected chi connectivity index (χ0v) is 10.8. The first-order valence-corrected chi connectivity index (χ1v) is 5.65. The van der Waals surface area contributed by atoms with Crippen molar-refractivity contribution in [2.24, 2.45) is 5.41 Å². The van der Waals surface area contributed by atoms with E-state index < -0.39 is 0 Å². The molecule has 0 aliphatic carbocycles. The first kappa shape index (κ1) is 13.4. The van der Waals surface area contributed by atoms with Gasteiger partial charge in [-0.1, -0.05) is 20.8 Å². The van der Waals surface area contributed by atoms with Gasteiger partial charge in [-0.15, -0.1) is 0 Å². The van der Waals surface area contributed by atoms with Crippen LogP contribution in [-0.4, -0.2) is 16.5 Å². The largest absolute Gasteiger partial charge is 0.364 e. The first-order chi connectivity index (χ1) is 7.81. The second kappa shape index (κ2) is 5.12. The van der Waals surface area contributed by atoms with Gasteiger partial charge in [0, 0.05) is 18.3 Å². The minimum atomic E-state index is -0.387. The van der Waals surface area contributed by atoms with Crippen LogP contribution in [0.15, 0.2) is 12.3 Å². The number of nitro groups is 1. The van der Waals surface area contributed by atoms with E-state index in [2.05, 4.69) is 31.1 Å². The lowest BCUT2D eigenvalue weighted by molar-refractivity contribution is -0.384. The molecule has 0 spiro atoms. The van der Waals surface area contributed by atoms with Crippen molar-refractivity contribution in [2.45, 2.75) is 34.1 Å². The summed E-state index contributed by atoms with van der Waals surface area (Å²) in [6, 6.07) is 1.65. The van der Waals surface area contributed by atoms with E-state index in [0.29, 0.717) is 17.9 Å². The Morgan fingerprint density at radius 1 is 1.47 bits per heavy atom. The number of anilines is 1. The second-order valence-corrected chi connectivity index (χ2v) is 5.32. The smallest absolute Gasteiger partial charge is 0.314 e. The number of aryl methyl sites for hydroxylation is 1. The molecule has 0 atom stereocenters. The van der Waals surface area contributed by atoms with E-state index >= 15 is 0 Å². The second-order valence-electron chi connectivity index (χ2n) is 5.32. The molecule has 5 heteroatoms. The third-order valence-electron chi connectivity index (χ3n) is 2.48. The average molecular weight is 237 g/mol. The monoisotopic (exact) mass is 237 g/mol. The van der Waals surface area contributed by atoms with Gasteiger partial charge in [0.1, 0.15) is 0 Å². The predicted octanol–water partition coefficient (Wildman–Crippen LogP) is 3.15. The molecular weight excluding hydrogens is 218 g/mol. The van der Waals surface area contributed by atoms with E-state index in [1.165, 1.54) is 0 Å². The Kier molecular flexibility index (Phi) is 4.04. The summed E-state index contributed by atoms with van der Waals surface area (Å²) in [6.45, 7) is 8.79. The molecule has 0 saturated heterocycles. The van der Waals surface area contributed by atoms with Crippen molar-refractivity contribution in [3.05, 3.63) is 27.9 Å². The van der Waals surface area contributed by atoms with Crippen molar-refractivity contribution >= 4 is 11.5 Å². The zero-order chi connectivity index (χ0) is 13.1. The summed E-state index contributed by atoms with van der Waals surface area (Å²) in [5.41, 5.74) is 0.899.